The molecule has 2 heterocycles. The number of fused-ring (bicyclic) bond motifs is 3. The van der Waals surface area contributed by atoms with Crippen LogP contribution in [0.2, 0.25) is 0 Å². The van der Waals surface area contributed by atoms with Gasteiger partial charge in [0.15, 0.2) is 4.96 Å². The molecule has 0 N–H and O–H groups in total. The predicted molar refractivity (Wildman–Crippen MR) is 113 cm³/mol. The summed E-state index contributed by atoms with van der Waals surface area (Å²) in [6, 6.07) is 0. The molecule has 1 aliphatic carbocycles. The van der Waals surface area contributed by atoms with Crippen LogP contribution in [-0.4, -0.2) is 9.38 Å². The fraction of sp³-hybridized carbons (Fsp3) is 0.409. The first kappa shape index (κ1) is 19.5. The first-order valence-electron chi connectivity index (χ1n) is 9.27. The van der Waals surface area contributed by atoms with Gasteiger partial charge >= 0.3 is 0 Å². The number of hydrogen-bond donors (Lipinski definition) is 0. The van der Waals surface area contributed by atoms with E-state index >= 15 is 0 Å². The SMILES string of the molecule is C/C=C(\C=C/CCC)c1cn2c3c(sc2n1)=CC(C)(C)C=CC=3.CC. The van der Waals surface area contributed by atoms with Crippen LogP contribution in [0, 0.1) is 5.41 Å². The van der Waals surface area contributed by atoms with Gasteiger partial charge in [-0.05, 0) is 25.0 Å². The van der Waals surface area contributed by atoms with Gasteiger partial charge in [-0.1, -0.05) is 88.8 Å². The Labute approximate surface area is 155 Å². The van der Waals surface area contributed by atoms with Crippen molar-refractivity contribution >= 4 is 34.0 Å². The Kier molecular flexibility index (Phi) is 6.60. The molecule has 0 aliphatic heterocycles. The summed E-state index contributed by atoms with van der Waals surface area (Å²) in [5.74, 6) is 0. The summed E-state index contributed by atoms with van der Waals surface area (Å²) < 4.78 is 3.52. The minimum absolute atomic E-state index is 0.0881. The van der Waals surface area contributed by atoms with E-state index in [1.54, 1.807) is 11.3 Å². The summed E-state index contributed by atoms with van der Waals surface area (Å²) in [4.78, 5) is 5.91. The highest BCUT2D eigenvalue weighted by Gasteiger charge is 2.14. The van der Waals surface area contributed by atoms with Crippen molar-refractivity contribution < 1.29 is 0 Å². The van der Waals surface area contributed by atoms with Crippen molar-refractivity contribution in [2.75, 3.05) is 0 Å². The Morgan fingerprint density at radius 1 is 1.32 bits per heavy atom. The van der Waals surface area contributed by atoms with Crippen LogP contribution in [0.4, 0.5) is 0 Å². The van der Waals surface area contributed by atoms with Crippen molar-refractivity contribution in [1.29, 1.82) is 0 Å². The molecule has 0 radical (unpaired) electrons. The Morgan fingerprint density at radius 3 is 2.76 bits per heavy atom. The molecule has 0 amide bonds. The smallest absolute Gasteiger partial charge is 0.195 e. The van der Waals surface area contributed by atoms with Gasteiger partial charge in [0, 0.05) is 11.6 Å². The van der Waals surface area contributed by atoms with Gasteiger partial charge in [-0.3, -0.25) is 4.40 Å². The molecule has 0 aromatic carbocycles. The number of nitrogens with zero attached hydrogens (tertiary/aromatic N) is 2. The molecular weight excluding hydrogens is 324 g/mol. The number of thiazole rings is 1. The molecule has 0 saturated heterocycles. The maximum Gasteiger partial charge on any atom is 0.195 e. The minimum atomic E-state index is 0.0881. The van der Waals surface area contributed by atoms with Crippen molar-refractivity contribution in [3.8, 4) is 0 Å². The minimum Gasteiger partial charge on any atom is -0.290 e. The van der Waals surface area contributed by atoms with Crippen LogP contribution in [0.1, 0.15) is 60.1 Å². The first-order valence-corrected chi connectivity index (χ1v) is 10.1. The molecule has 0 bridgehead atoms. The maximum atomic E-state index is 4.84. The molecule has 0 saturated carbocycles. The van der Waals surface area contributed by atoms with E-state index in [-0.39, 0.29) is 5.41 Å². The molecule has 25 heavy (non-hydrogen) atoms. The molecule has 134 valence electrons. The lowest BCUT2D eigenvalue weighted by Crippen LogP contribution is -2.24. The first-order chi connectivity index (χ1) is 12.0. The van der Waals surface area contributed by atoms with Crippen LogP contribution in [0.5, 0.6) is 0 Å². The van der Waals surface area contributed by atoms with Crippen LogP contribution >= 0.6 is 11.3 Å². The topological polar surface area (TPSA) is 17.3 Å². The largest absolute Gasteiger partial charge is 0.290 e. The average Bonchev–Trinajstić information content (AvgIpc) is 3.07. The van der Waals surface area contributed by atoms with Gasteiger partial charge in [0.25, 0.3) is 0 Å². The summed E-state index contributed by atoms with van der Waals surface area (Å²) in [5, 5.41) is 1.23. The van der Waals surface area contributed by atoms with Crippen LogP contribution in [0.3, 0.4) is 0 Å². The molecule has 3 rings (SSSR count). The van der Waals surface area contributed by atoms with E-state index in [2.05, 4.69) is 80.8 Å². The molecular formula is C22H30N2S. The average molecular weight is 355 g/mol. The highest BCUT2D eigenvalue weighted by molar-refractivity contribution is 7.15. The van der Waals surface area contributed by atoms with Crippen LogP contribution in [0.25, 0.3) is 22.7 Å². The van der Waals surface area contributed by atoms with Gasteiger partial charge in [-0.25, -0.2) is 4.98 Å². The van der Waals surface area contributed by atoms with Gasteiger partial charge in [0.1, 0.15) is 0 Å². The number of hydrogen-bond acceptors (Lipinski definition) is 2. The lowest BCUT2D eigenvalue weighted by molar-refractivity contribution is 0.671. The number of rotatable bonds is 4. The zero-order valence-electron chi connectivity index (χ0n) is 16.3. The van der Waals surface area contributed by atoms with E-state index in [1.807, 2.05) is 13.8 Å². The van der Waals surface area contributed by atoms with E-state index in [9.17, 15) is 0 Å². The molecule has 2 nitrogen and oxygen atoms in total. The van der Waals surface area contributed by atoms with Crippen LogP contribution in [-0.2, 0) is 0 Å². The van der Waals surface area contributed by atoms with Gasteiger partial charge in [0.2, 0.25) is 0 Å². The second kappa shape index (κ2) is 8.48. The summed E-state index contributed by atoms with van der Waals surface area (Å²) in [6.45, 7) is 12.7. The van der Waals surface area contributed by atoms with Crippen LogP contribution in [0.15, 0.2) is 36.6 Å². The fourth-order valence-electron chi connectivity index (χ4n) is 2.76. The maximum absolute atomic E-state index is 4.84. The number of aromatic nitrogens is 2. The van der Waals surface area contributed by atoms with Gasteiger partial charge in [-0.2, -0.15) is 0 Å². The van der Waals surface area contributed by atoms with E-state index in [4.69, 9.17) is 4.98 Å². The van der Waals surface area contributed by atoms with E-state index in [0.717, 1.165) is 17.1 Å². The lowest BCUT2D eigenvalue weighted by atomic mass is 9.93. The summed E-state index contributed by atoms with van der Waals surface area (Å²) in [5.41, 5.74) is 2.33. The number of allylic oxidation sites excluding steroid dienone is 6. The lowest BCUT2D eigenvalue weighted by Gasteiger charge is -2.11. The van der Waals surface area contributed by atoms with Gasteiger partial charge < -0.3 is 0 Å². The molecule has 0 spiro atoms. The number of unbranched alkanes of at least 4 members (excludes halogenated alkanes) is 1. The Hall–Kier alpha value is -1.87. The van der Waals surface area contributed by atoms with Crippen molar-refractivity contribution in [1.82, 2.24) is 9.38 Å². The molecule has 0 unspecified atom stereocenters. The van der Waals surface area contributed by atoms with Crippen molar-refractivity contribution in [3.63, 3.8) is 0 Å². The van der Waals surface area contributed by atoms with Gasteiger partial charge in [-0.15, -0.1) is 0 Å². The predicted octanol–water partition coefficient (Wildman–Crippen LogP) is 5.34. The standard InChI is InChI=1S/C20H24N2S.C2H6/c1-5-7-8-10-15(6-2)16-14-22-17-11-9-12-20(3,4)13-18(17)23-19(22)21-16;1-2/h6,8-14H,5,7H2,1-4H3;1-2H3/b10-8-,15-6+;. The Balaban J connectivity index is 0.00000109. The second-order valence-electron chi connectivity index (χ2n) is 6.56. The van der Waals surface area contributed by atoms with Crippen LogP contribution < -0.4 is 9.88 Å². The zero-order valence-corrected chi connectivity index (χ0v) is 17.2. The monoisotopic (exact) mass is 354 g/mol. The van der Waals surface area contributed by atoms with E-state index in [0.29, 0.717) is 0 Å². The van der Waals surface area contributed by atoms with E-state index < -0.39 is 0 Å². The third kappa shape index (κ3) is 4.40. The molecule has 2 aromatic heterocycles. The Bertz CT molecular complexity index is 917. The van der Waals surface area contributed by atoms with Crippen molar-refractivity contribution in [2.45, 2.75) is 54.4 Å². The molecule has 2 aromatic rings. The quantitative estimate of drug-likeness (QED) is 0.678. The van der Waals surface area contributed by atoms with Crippen molar-refractivity contribution in [2.24, 2.45) is 5.41 Å². The molecule has 0 atom stereocenters. The third-order valence-electron chi connectivity index (χ3n) is 4.03. The van der Waals surface area contributed by atoms with Gasteiger partial charge in [0.05, 0.1) is 15.6 Å². The summed E-state index contributed by atoms with van der Waals surface area (Å²) >= 11 is 1.77. The second-order valence-corrected chi connectivity index (χ2v) is 7.57. The highest BCUT2D eigenvalue weighted by atomic mass is 32.1. The zero-order chi connectivity index (χ0) is 18.4. The fourth-order valence-corrected chi connectivity index (χ4v) is 3.99. The highest BCUT2D eigenvalue weighted by Crippen LogP contribution is 2.21. The summed E-state index contributed by atoms with van der Waals surface area (Å²) in [6.07, 6.45) is 19.9. The molecule has 3 heteroatoms. The van der Waals surface area contributed by atoms with Crippen molar-refractivity contribution in [3.05, 3.63) is 52.2 Å². The summed E-state index contributed by atoms with van der Waals surface area (Å²) in [7, 11) is 0. The Morgan fingerprint density at radius 2 is 2.08 bits per heavy atom. The van der Waals surface area contributed by atoms with E-state index in [1.165, 1.54) is 21.9 Å². The normalized spacial score (nSPS) is 16.0. The number of imidazole rings is 1. The molecule has 1 aliphatic rings. The third-order valence-corrected chi connectivity index (χ3v) is 5.05. The molecule has 0 fully saturated rings.